The number of esters is 1. The first kappa shape index (κ1) is 19.7. The highest BCUT2D eigenvalue weighted by atomic mass is 16.6. The molecule has 3 N–H and O–H groups in total. The first-order chi connectivity index (χ1) is 12.7. The number of nitro groups is 1. The van der Waals surface area contributed by atoms with Crippen LogP contribution in [0, 0.1) is 17.0 Å². The van der Waals surface area contributed by atoms with Crippen LogP contribution >= 0.6 is 0 Å². The normalized spacial score (nSPS) is 11.4. The lowest BCUT2D eigenvalue weighted by Crippen LogP contribution is -2.30. The lowest BCUT2D eigenvalue weighted by Gasteiger charge is -2.16. The number of methoxy groups -OCH3 is 1. The van der Waals surface area contributed by atoms with Crippen LogP contribution in [0.15, 0.2) is 36.4 Å². The molecule has 2 aromatic carbocycles. The van der Waals surface area contributed by atoms with Gasteiger partial charge >= 0.3 is 5.97 Å². The summed E-state index contributed by atoms with van der Waals surface area (Å²) in [6, 6.07) is 8.65. The molecule has 9 nitrogen and oxygen atoms in total. The van der Waals surface area contributed by atoms with E-state index < -0.39 is 22.9 Å². The number of hydrogen-bond donors (Lipinski definition) is 2. The van der Waals surface area contributed by atoms with Crippen molar-refractivity contribution >= 4 is 28.9 Å². The van der Waals surface area contributed by atoms with Crippen LogP contribution < -0.4 is 15.8 Å². The largest absolute Gasteiger partial charge is 0.495 e. The lowest BCUT2D eigenvalue weighted by molar-refractivity contribution is -0.384. The van der Waals surface area contributed by atoms with E-state index in [-0.39, 0.29) is 16.9 Å². The Morgan fingerprint density at radius 2 is 1.93 bits per heavy atom. The second kappa shape index (κ2) is 8.17. The minimum Gasteiger partial charge on any atom is -0.495 e. The predicted molar refractivity (Wildman–Crippen MR) is 98.7 cm³/mol. The second-order valence-electron chi connectivity index (χ2n) is 5.77. The molecule has 0 aliphatic heterocycles. The first-order valence-electron chi connectivity index (χ1n) is 7.93. The Bertz CT molecular complexity index is 897. The Morgan fingerprint density at radius 3 is 2.56 bits per heavy atom. The number of ether oxygens (including phenoxy) is 2. The van der Waals surface area contributed by atoms with Gasteiger partial charge in [0.2, 0.25) is 0 Å². The molecule has 0 heterocycles. The third-order valence-corrected chi connectivity index (χ3v) is 3.73. The lowest BCUT2D eigenvalue weighted by atomic mass is 10.1. The number of aryl methyl sites for hydroxylation is 1. The van der Waals surface area contributed by atoms with Crippen molar-refractivity contribution in [2.45, 2.75) is 20.0 Å². The van der Waals surface area contributed by atoms with Gasteiger partial charge in [-0.2, -0.15) is 0 Å². The van der Waals surface area contributed by atoms with Crippen molar-refractivity contribution < 1.29 is 24.0 Å². The van der Waals surface area contributed by atoms with Gasteiger partial charge in [-0.1, -0.05) is 6.07 Å². The highest BCUT2D eigenvalue weighted by Gasteiger charge is 2.23. The molecule has 9 heteroatoms. The molecule has 2 aromatic rings. The summed E-state index contributed by atoms with van der Waals surface area (Å²) in [5, 5.41) is 13.5. The minimum atomic E-state index is -1.17. The third kappa shape index (κ3) is 4.72. The summed E-state index contributed by atoms with van der Waals surface area (Å²) in [4.78, 5) is 34.8. The van der Waals surface area contributed by atoms with Gasteiger partial charge in [0, 0.05) is 17.8 Å². The topological polar surface area (TPSA) is 134 Å². The van der Waals surface area contributed by atoms with Crippen molar-refractivity contribution in [2.75, 3.05) is 18.2 Å². The zero-order chi connectivity index (χ0) is 20.1. The maximum absolute atomic E-state index is 12.3. The van der Waals surface area contributed by atoms with Gasteiger partial charge in [0.15, 0.2) is 6.10 Å². The van der Waals surface area contributed by atoms with E-state index in [2.05, 4.69) is 5.32 Å². The van der Waals surface area contributed by atoms with Crippen molar-refractivity contribution in [1.82, 2.24) is 0 Å². The van der Waals surface area contributed by atoms with E-state index >= 15 is 0 Å². The van der Waals surface area contributed by atoms with E-state index in [0.29, 0.717) is 11.4 Å². The Kier molecular flexibility index (Phi) is 5.96. The van der Waals surface area contributed by atoms with Crippen molar-refractivity contribution in [3.63, 3.8) is 0 Å². The summed E-state index contributed by atoms with van der Waals surface area (Å²) in [7, 11) is 1.47. The van der Waals surface area contributed by atoms with Crippen molar-refractivity contribution in [2.24, 2.45) is 0 Å². The number of non-ortho nitro benzene ring substituents is 1. The van der Waals surface area contributed by atoms with Crippen LogP contribution in [-0.4, -0.2) is 30.0 Å². The summed E-state index contributed by atoms with van der Waals surface area (Å²) in [6.07, 6.45) is -1.17. The van der Waals surface area contributed by atoms with Crippen LogP contribution in [0.2, 0.25) is 0 Å². The Morgan fingerprint density at radius 1 is 1.22 bits per heavy atom. The molecule has 142 valence electrons. The molecular formula is C18H19N3O6. The van der Waals surface area contributed by atoms with E-state index in [9.17, 15) is 19.7 Å². The molecule has 0 aromatic heterocycles. The van der Waals surface area contributed by atoms with Crippen LogP contribution in [0.5, 0.6) is 5.75 Å². The van der Waals surface area contributed by atoms with Crippen LogP contribution in [0.4, 0.5) is 17.1 Å². The van der Waals surface area contributed by atoms with Gasteiger partial charge in [-0.3, -0.25) is 14.9 Å². The van der Waals surface area contributed by atoms with Crippen molar-refractivity contribution in [3.8, 4) is 5.75 Å². The molecule has 0 unspecified atom stereocenters. The molecule has 0 saturated carbocycles. The first-order valence-corrected chi connectivity index (χ1v) is 7.93. The predicted octanol–water partition coefficient (Wildman–Crippen LogP) is 2.68. The highest BCUT2D eigenvalue weighted by Crippen LogP contribution is 2.26. The molecule has 1 atom stereocenters. The van der Waals surface area contributed by atoms with Crippen LogP contribution in [-0.2, 0) is 9.53 Å². The fourth-order valence-corrected chi connectivity index (χ4v) is 2.27. The number of nitrogens with two attached hydrogens (primary N) is 1. The fourth-order valence-electron chi connectivity index (χ4n) is 2.27. The average Bonchev–Trinajstić information content (AvgIpc) is 2.61. The molecule has 0 aliphatic carbocycles. The number of rotatable bonds is 6. The van der Waals surface area contributed by atoms with Crippen molar-refractivity contribution in [3.05, 3.63) is 57.6 Å². The standard InChI is InChI=1S/C18H19N3O6/c1-10-4-7-16(26-3)15(8-10)20-17(22)11(2)27-18(23)13-9-12(21(24)25)5-6-14(13)19/h4-9,11H,19H2,1-3H3,(H,20,22)/t11-/m1/s1. The Hall–Kier alpha value is -3.62. The number of nitrogens with zero attached hydrogens (tertiary/aromatic N) is 1. The summed E-state index contributed by atoms with van der Waals surface area (Å²) >= 11 is 0. The Labute approximate surface area is 155 Å². The van der Waals surface area contributed by atoms with E-state index in [0.717, 1.165) is 11.6 Å². The smallest absolute Gasteiger partial charge is 0.341 e. The zero-order valence-corrected chi connectivity index (χ0v) is 15.0. The summed E-state index contributed by atoms with van der Waals surface area (Å²) in [6.45, 7) is 3.23. The molecule has 0 fully saturated rings. The van der Waals surface area contributed by atoms with Gasteiger partial charge < -0.3 is 20.5 Å². The van der Waals surface area contributed by atoms with E-state index in [1.807, 2.05) is 13.0 Å². The SMILES string of the molecule is COc1ccc(C)cc1NC(=O)[C@@H](C)OC(=O)c1cc([N+](=O)[O-])ccc1N. The van der Waals surface area contributed by atoms with Crippen LogP contribution in [0.25, 0.3) is 0 Å². The number of carbonyl (C=O) groups is 2. The number of benzene rings is 2. The number of anilines is 2. The monoisotopic (exact) mass is 373 g/mol. The fraction of sp³-hybridized carbons (Fsp3) is 0.222. The third-order valence-electron chi connectivity index (χ3n) is 3.73. The number of hydrogen-bond acceptors (Lipinski definition) is 7. The molecule has 2 rings (SSSR count). The number of nitrogen functional groups attached to an aromatic ring is 1. The van der Waals surface area contributed by atoms with E-state index in [1.165, 1.54) is 26.2 Å². The number of nitrogens with one attached hydrogen (secondary N) is 1. The minimum absolute atomic E-state index is 0.0126. The Balaban J connectivity index is 2.13. The van der Waals surface area contributed by atoms with Gasteiger partial charge in [0.05, 0.1) is 23.3 Å². The van der Waals surface area contributed by atoms with E-state index in [4.69, 9.17) is 15.2 Å². The molecule has 0 spiro atoms. The zero-order valence-electron chi connectivity index (χ0n) is 15.0. The summed E-state index contributed by atoms with van der Waals surface area (Å²) in [5.74, 6) is -1.07. The van der Waals surface area contributed by atoms with Crippen LogP contribution in [0.3, 0.4) is 0 Å². The molecule has 0 radical (unpaired) electrons. The highest BCUT2D eigenvalue weighted by molar-refractivity contribution is 6.00. The maximum atomic E-state index is 12.3. The molecule has 1 amide bonds. The van der Waals surface area contributed by atoms with Gasteiger partial charge in [-0.25, -0.2) is 4.79 Å². The number of amides is 1. The second-order valence-corrected chi connectivity index (χ2v) is 5.77. The van der Waals surface area contributed by atoms with Crippen LogP contribution in [0.1, 0.15) is 22.8 Å². The molecule has 0 bridgehead atoms. The number of carbonyl (C=O) groups excluding carboxylic acids is 2. The quantitative estimate of drug-likeness (QED) is 0.344. The summed E-state index contributed by atoms with van der Waals surface area (Å²) < 4.78 is 10.3. The van der Waals surface area contributed by atoms with Gasteiger partial charge in [-0.05, 0) is 37.6 Å². The maximum Gasteiger partial charge on any atom is 0.341 e. The van der Waals surface area contributed by atoms with E-state index in [1.54, 1.807) is 12.1 Å². The van der Waals surface area contributed by atoms with Gasteiger partial charge in [-0.15, -0.1) is 0 Å². The van der Waals surface area contributed by atoms with Gasteiger partial charge in [0.25, 0.3) is 11.6 Å². The van der Waals surface area contributed by atoms with Gasteiger partial charge in [0.1, 0.15) is 5.75 Å². The molecular weight excluding hydrogens is 354 g/mol. The van der Waals surface area contributed by atoms with Crippen molar-refractivity contribution in [1.29, 1.82) is 0 Å². The molecule has 0 saturated heterocycles. The molecule has 0 aliphatic rings. The molecule has 27 heavy (non-hydrogen) atoms. The number of nitro benzene ring substituents is 1. The average molecular weight is 373 g/mol. The summed E-state index contributed by atoms with van der Waals surface area (Å²) in [5.41, 5.74) is 6.54.